The number of carbonyl (C=O) groups excluding carboxylic acids is 1. The van der Waals surface area contributed by atoms with E-state index in [0.29, 0.717) is 39.9 Å². The molecule has 36 heavy (non-hydrogen) atoms. The minimum atomic E-state index is -1.25. The van der Waals surface area contributed by atoms with E-state index in [-0.39, 0.29) is 5.91 Å². The van der Waals surface area contributed by atoms with Gasteiger partial charge in [0.2, 0.25) is 5.91 Å². The van der Waals surface area contributed by atoms with Crippen LogP contribution in [0.1, 0.15) is 16.6 Å². The summed E-state index contributed by atoms with van der Waals surface area (Å²) in [4.78, 5) is 34.6. The molecule has 1 amide bonds. The predicted octanol–water partition coefficient (Wildman–Crippen LogP) is 1.94. The van der Waals surface area contributed by atoms with Gasteiger partial charge in [-0.25, -0.2) is 15.0 Å². The van der Waals surface area contributed by atoms with Crippen LogP contribution in [0.25, 0.3) is 22.6 Å². The minimum absolute atomic E-state index is 0.347. The van der Waals surface area contributed by atoms with Crippen LogP contribution in [0.4, 0.5) is 5.82 Å². The third-order valence-corrected chi connectivity index (χ3v) is 7.59. The van der Waals surface area contributed by atoms with Crippen LogP contribution in [0.3, 0.4) is 0 Å². The number of rotatable bonds is 6. The van der Waals surface area contributed by atoms with Gasteiger partial charge in [0.1, 0.15) is 22.8 Å². The molecule has 4 aromatic rings. The Balaban J connectivity index is 1.58. The molecular weight excluding hydrogens is 504 g/mol. The molecule has 0 bridgehead atoms. The molecule has 4 N–H and O–H groups in total. The van der Waals surface area contributed by atoms with Crippen LogP contribution in [0.2, 0.25) is 5.02 Å². The predicted molar refractivity (Wildman–Crippen MR) is 136 cm³/mol. The Bertz CT molecular complexity index is 1430. The number of carbonyl (C=O) groups is 1. The van der Waals surface area contributed by atoms with Gasteiger partial charge in [-0.15, -0.1) is 11.8 Å². The summed E-state index contributed by atoms with van der Waals surface area (Å²) in [7, 11) is 1.49. The SMILES string of the molecule is CNC(=O)[C@H]1S[C@@H](n2cnc3c(NCc4cc(C)ccn4)nc(-c4cncc(Cl)c4)nc32)[C@H](O)[C@@H]1O. The fourth-order valence-electron chi connectivity index (χ4n) is 4.01. The fraction of sp³-hybridized carbons (Fsp3) is 0.304. The van der Waals surface area contributed by atoms with Gasteiger partial charge in [0, 0.05) is 31.2 Å². The number of hydrogen-bond acceptors (Lipinski definition) is 10. The summed E-state index contributed by atoms with van der Waals surface area (Å²) in [6, 6.07) is 5.59. The van der Waals surface area contributed by atoms with Gasteiger partial charge >= 0.3 is 0 Å². The first kappa shape index (κ1) is 24.4. The number of nitrogens with one attached hydrogen (secondary N) is 2. The molecule has 4 aromatic heterocycles. The van der Waals surface area contributed by atoms with E-state index in [2.05, 4.69) is 30.6 Å². The highest BCUT2D eigenvalue weighted by Crippen LogP contribution is 2.43. The molecule has 5 rings (SSSR count). The molecular formula is C23H23ClN8O3S. The summed E-state index contributed by atoms with van der Waals surface area (Å²) in [5.74, 6) is 0.435. The zero-order chi connectivity index (χ0) is 25.4. The van der Waals surface area contributed by atoms with E-state index < -0.39 is 22.8 Å². The number of pyridine rings is 2. The van der Waals surface area contributed by atoms with Gasteiger partial charge in [0.05, 0.1) is 23.6 Å². The molecule has 0 aliphatic carbocycles. The average Bonchev–Trinajstić information content (AvgIpc) is 3.43. The molecule has 13 heteroatoms. The van der Waals surface area contributed by atoms with Crippen LogP contribution in [0.5, 0.6) is 0 Å². The van der Waals surface area contributed by atoms with Gasteiger partial charge in [-0.2, -0.15) is 0 Å². The highest BCUT2D eigenvalue weighted by Gasteiger charge is 2.47. The van der Waals surface area contributed by atoms with Gasteiger partial charge in [-0.1, -0.05) is 11.6 Å². The number of fused-ring (bicyclic) bond motifs is 1. The van der Waals surface area contributed by atoms with Gasteiger partial charge in [-0.05, 0) is 30.7 Å². The summed E-state index contributed by atoms with van der Waals surface area (Å²) >= 11 is 7.30. The van der Waals surface area contributed by atoms with Crippen molar-refractivity contribution in [1.82, 2.24) is 34.8 Å². The van der Waals surface area contributed by atoms with Gasteiger partial charge in [-0.3, -0.25) is 19.3 Å². The second-order valence-electron chi connectivity index (χ2n) is 8.33. The first-order valence-electron chi connectivity index (χ1n) is 11.1. The number of halogens is 1. The van der Waals surface area contributed by atoms with Crippen molar-refractivity contribution in [3.63, 3.8) is 0 Å². The summed E-state index contributed by atoms with van der Waals surface area (Å²) in [5.41, 5.74) is 3.39. The summed E-state index contributed by atoms with van der Waals surface area (Å²) < 4.78 is 1.65. The number of nitrogens with zero attached hydrogens (tertiary/aromatic N) is 6. The fourth-order valence-corrected chi connectivity index (χ4v) is 5.65. The number of amides is 1. The second-order valence-corrected chi connectivity index (χ2v) is 10.0. The smallest absolute Gasteiger partial charge is 0.235 e. The number of aliphatic hydroxyl groups excluding tert-OH is 2. The van der Waals surface area contributed by atoms with Crippen molar-refractivity contribution in [3.8, 4) is 11.4 Å². The normalized spacial score (nSPS) is 21.6. The number of aliphatic hydroxyl groups is 2. The number of thioether (sulfide) groups is 1. The maximum absolute atomic E-state index is 12.2. The lowest BCUT2D eigenvalue weighted by atomic mass is 10.1. The Hall–Kier alpha value is -3.32. The molecule has 1 saturated heterocycles. The maximum Gasteiger partial charge on any atom is 0.235 e. The number of imidazole rings is 1. The van der Waals surface area contributed by atoms with Crippen LogP contribution in [0, 0.1) is 6.92 Å². The van der Waals surface area contributed by atoms with E-state index in [1.54, 1.807) is 23.0 Å². The zero-order valence-corrected chi connectivity index (χ0v) is 20.9. The Morgan fingerprint density at radius 2 is 2.03 bits per heavy atom. The van der Waals surface area contributed by atoms with Crippen molar-refractivity contribution in [2.45, 2.75) is 36.3 Å². The number of hydrogen-bond donors (Lipinski definition) is 4. The third-order valence-electron chi connectivity index (χ3n) is 5.81. The number of aromatic nitrogens is 6. The average molecular weight is 527 g/mol. The van der Waals surface area contributed by atoms with E-state index in [4.69, 9.17) is 16.6 Å². The topological polar surface area (TPSA) is 151 Å². The summed E-state index contributed by atoms with van der Waals surface area (Å²) in [5, 5.41) is 26.0. The van der Waals surface area contributed by atoms with Gasteiger partial charge < -0.3 is 20.8 Å². The van der Waals surface area contributed by atoms with E-state index in [9.17, 15) is 15.0 Å². The summed E-state index contributed by atoms with van der Waals surface area (Å²) in [6.45, 7) is 2.39. The second kappa shape index (κ2) is 9.97. The molecule has 186 valence electrons. The molecule has 0 radical (unpaired) electrons. The van der Waals surface area contributed by atoms with Crippen LogP contribution in [-0.4, -0.2) is 70.1 Å². The van der Waals surface area contributed by atoms with Crippen LogP contribution in [-0.2, 0) is 11.3 Å². The molecule has 11 nitrogen and oxygen atoms in total. The highest BCUT2D eigenvalue weighted by molar-refractivity contribution is 8.01. The maximum atomic E-state index is 12.2. The van der Waals surface area contributed by atoms with Crippen LogP contribution < -0.4 is 10.6 Å². The summed E-state index contributed by atoms with van der Waals surface area (Å²) in [6.07, 6.45) is 3.92. The van der Waals surface area contributed by atoms with E-state index >= 15 is 0 Å². The molecule has 5 heterocycles. The molecule has 4 atom stereocenters. The van der Waals surface area contributed by atoms with Crippen molar-refractivity contribution in [1.29, 1.82) is 0 Å². The lowest BCUT2D eigenvalue weighted by Gasteiger charge is -2.17. The Labute approximate surface area is 215 Å². The van der Waals surface area contributed by atoms with Crippen LogP contribution >= 0.6 is 23.4 Å². The van der Waals surface area contributed by atoms with Crippen molar-refractivity contribution < 1.29 is 15.0 Å². The highest BCUT2D eigenvalue weighted by atomic mass is 35.5. The largest absolute Gasteiger partial charge is 0.389 e. The molecule has 1 aliphatic heterocycles. The van der Waals surface area contributed by atoms with E-state index in [1.807, 2.05) is 19.1 Å². The van der Waals surface area contributed by atoms with Crippen LogP contribution in [0.15, 0.2) is 43.1 Å². The standard InChI is InChI=1S/C23H23ClN8O3S/c1-11-3-4-27-14(5-11)9-28-20-15-21(31-19(30-20)12-6-13(24)8-26-7-12)32(10-29-15)23-17(34)16(33)18(36-23)22(35)25-2/h3-8,10,16-18,23,33-34H,9H2,1-2H3,(H,25,35)(H,28,30,31)/t16-,17+,18-,23+/m0/s1. The molecule has 1 fully saturated rings. The van der Waals surface area contributed by atoms with Crippen molar-refractivity contribution in [2.24, 2.45) is 0 Å². The van der Waals surface area contributed by atoms with E-state index in [0.717, 1.165) is 23.0 Å². The Morgan fingerprint density at radius 1 is 1.19 bits per heavy atom. The molecule has 0 spiro atoms. The quantitative estimate of drug-likeness (QED) is 0.293. The lowest BCUT2D eigenvalue weighted by molar-refractivity contribution is -0.122. The van der Waals surface area contributed by atoms with Crippen molar-refractivity contribution in [3.05, 3.63) is 59.4 Å². The molecule has 0 unspecified atom stereocenters. The molecule has 0 aromatic carbocycles. The Kier molecular flexibility index (Phi) is 6.75. The Morgan fingerprint density at radius 3 is 2.78 bits per heavy atom. The third kappa shape index (κ3) is 4.60. The first-order chi connectivity index (χ1) is 17.4. The van der Waals surface area contributed by atoms with Gasteiger partial charge in [0.15, 0.2) is 22.8 Å². The van der Waals surface area contributed by atoms with Crippen molar-refractivity contribution >= 4 is 46.3 Å². The molecule has 0 saturated carbocycles. The first-order valence-corrected chi connectivity index (χ1v) is 12.4. The zero-order valence-electron chi connectivity index (χ0n) is 19.3. The lowest BCUT2D eigenvalue weighted by Crippen LogP contribution is -2.39. The minimum Gasteiger partial charge on any atom is -0.389 e. The van der Waals surface area contributed by atoms with Crippen molar-refractivity contribution in [2.75, 3.05) is 12.4 Å². The monoisotopic (exact) mass is 526 g/mol. The van der Waals surface area contributed by atoms with E-state index in [1.165, 1.54) is 19.6 Å². The number of anilines is 1. The molecule has 1 aliphatic rings. The number of aryl methyl sites for hydroxylation is 1. The van der Waals surface area contributed by atoms with Gasteiger partial charge in [0.25, 0.3) is 0 Å².